The molecule has 0 aliphatic carbocycles. The average Bonchev–Trinajstić information content (AvgIpc) is 3.10. The zero-order valence-electron chi connectivity index (χ0n) is 11.5. The number of nitrogens with one attached hydrogen (secondary N) is 1. The second kappa shape index (κ2) is 6.01. The Morgan fingerprint density at radius 2 is 2.38 bits per heavy atom. The van der Waals surface area contributed by atoms with Gasteiger partial charge >= 0.3 is 0 Å². The van der Waals surface area contributed by atoms with Crippen LogP contribution < -0.4 is 4.74 Å². The summed E-state index contributed by atoms with van der Waals surface area (Å²) in [5, 5.41) is 21.5. The normalized spacial score (nSPS) is 22.6. The Bertz CT molecular complexity index is 592. The van der Waals surface area contributed by atoms with Gasteiger partial charge in [-0.3, -0.25) is 4.90 Å². The fraction of sp³-hybridized carbons (Fsp3) is 0.429. The van der Waals surface area contributed by atoms with Crippen LogP contribution in [0.4, 0.5) is 0 Å². The molecule has 7 heteroatoms. The van der Waals surface area contributed by atoms with E-state index in [0.29, 0.717) is 30.3 Å². The topological polar surface area (TPSA) is 74.3 Å². The van der Waals surface area contributed by atoms with E-state index in [0.717, 1.165) is 18.8 Å². The van der Waals surface area contributed by atoms with Crippen molar-refractivity contribution in [2.24, 2.45) is 0 Å². The number of aliphatic hydroxyl groups is 1. The number of nitrogens with zero attached hydrogens (tertiary/aromatic N) is 3. The molecule has 3 rings (SSSR count). The lowest BCUT2D eigenvalue weighted by Crippen LogP contribution is -2.33. The Labute approximate surface area is 127 Å². The van der Waals surface area contributed by atoms with Crippen molar-refractivity contribution in [2.45, 2.75) is 12.0 Å². The van der Waals surface area contributed by atoms with E-state index < -0.39 is 5.60 Å². The van der Waals surface area contributed by atoms with Crippen LogP contribution in [0.15, 0.2) is 30.5 Å². The summed E-state index contributed by atoms with van der Waals surface area (Å²) in [5.74, 6) is 0.758. The smallest absolute Gasteiger partial charge is 0.124 e. The summed E-state index contributed by atoms with van der Waals surface area (Å²) in [7, 11) is 0. The van der Waals surface area contributed by atoms with Crippen LogP contribution in [0.3, 0.4) is 0 Å². The predicted molar refractivity (Wildman–Crippen MR) is 78.3 cm³/mol. The molecule has 1 unspecified atom stereocenters. The molecule has 2 N–H and O–H groups in total. The van der Waals surface area contributed by atoms with E-state index in [2.05, 4.69) is 20.3 Å². The van der Waals surface area contributed by atoms with Gasteiger partial charge in [-0.1, -0.05) is 17.7 Å². The fourth-order valence-corrected chi connectivity index (χ4v) is 2.73. The molecule has 112 valence electrons. The Morgan fingerprint density at radius 1 is 1.48 bits per heavy atom. The average molecular weight is 309 g/mol. The van der Waals surface area contributed by atoms with Crippen LogP contribution in [0.2, 0.25) is 5.02 Å². The predicted octanol–water partition coefficient (Wildman–Crippen LogP) is 1.43. The Kier molecular flexibility index (Phi) is 4.10. The van der Waals surface area contributed by atoms with Gasteiger partial charge in [0.25, 0.3) is 0 Å². The largest absolute Gasteiger partial charge is 0.492 e. The van der Waals surface area contributed by atoms with Crippen molar-refractivity contribution < 1.29 is 9.84 Å². The highest BCUT2D eigenvalue weighted by Gasteiger charge is 2.39. The number of β-amino-alcohol motifs (C(OH)–C–C–N with tert-alkyl or cyclic N) is 1. The first-order valence-electron chi connectivity index (χ1n) is 6.85. The van der Waals surface area contributed by atoms with Gasteiger partial charge < -0.3 is 9.84 Å². The lowest BCUT2D eigenvalue weighted by Gasteiger charge is -2.21. The van der Waals surface area contributed by atoms with Crippen LogP contribution in [-0.4, -0.2) is 51.7 Å². The lowest BCUT2D eigenvalue weighted by molar-refractivity contribution is 0.0403. The first-order valence-corrected chi connectivity index (χ1v) is 7.23. The van der Waals surface area contributed by atoms with E-state index >= 15 is 0 Å². The molecule has 0 spiro atoms. The number of hydrogen-bond acceptors (Lipinski definition) is 5. The molecule has 1 atom stereocenters. The van der Waals surface area contributed by atoms with Gasteiger partial charge in [0.2, 0.25) is 0 Å². The third-order valence-corrected chi connectivity index (χ3v) is 3.93. The Balaban J connectivity index is 1.49. The van der Waals surface area contributed by atoms with E-state index in [1.807, 2.05) is 18.2 Å². The van der Waals surface area contributed by atoms with Gasteiger partial charge in [-0.2, -0.15) is 15.4 Å². The Morgan fingerprint density at radius 3 is 3.14 bits per heavy atom. The van der Waals surface area contributed by atoms with E-state index in [-0.39, 0.29) is 0 Å². The maximum absolute atomic E-state index is 10.6. The number of hydrogen-bond donors (Lipinski definition) is 2. The van der Waals surface area contributed by atoms with Crippen LogP contribution in [0, 0.1) is 0 Å². The monoisotopic (exact) mass is 308 g/mol. The van der Waals surface area contributed by atoms with Crippen LogP contribution in [0.1, 0.15) is 12.1 Å². The van der Waals surface area contributed by atoms with E-state index in [1.165, 1.54) is 0 Å². The van der Waals surface area contributed by atoms with E-state index in [1.54, 1.807) is 12.3 Å². The SMILES string of the molecule is OC1(c2cn[nH]n2)CCN(CCOc2cccc(Cl)c2)C1. The molecule has 1 aromatic heterocycles. The van der Waals surface area contributed by atoms with Crippen molar-refractivity contribution in [3.8, 4) is 5.75 Å². The number of ether oxygens (including phenoxy) is 1. The molecule has 1 aromatic carbocycles. The molecule has 1 fully saturated rings. The first kappa shape index (κ1) is 14.3. The molecular formula is C14H17ClN4O2. The highest BCUT2D eigenvalue weighted by atomic mass is 35.5. The van der Waals surface area contributed by atoms with Gasteiger partial charge in [-0.05, 0) is 24.6 Å². The number of likely N-dealkylation sites (tertiary alicyclic amines) is 1. The van der Waals surface area contributed by atoms with Crippen LogP contribution in [0.25, 0.3) is 0 Å². The van der Waals surface area contributed by atoms with Crippen molar-refractivity contribution in [1.82, 2.24) is 20.3 Å². The van der Waals surface area contributed by atoms with Gasteiger partial charge in [0.05, 0.1) is 6.20 Å². The Hall–Kier alpha value is -1.63. The van der Waals surface area contributed by atoms with Gasteiger partial charge in [0.1, 0.15) is 23.7 Å². The molecule has 0 saturated carbocycles. The molecule has 1 aliphatic heterocycles. The quantitative estimate of drug-likeness (QED) is 0.874. The molecule has 0 radical (unpaired) electrons. The van der Waals surface area contributed by atoms with Gasteiger partial charge in [0.15, 0.2) is 0 Å². The highest BCUT2D eigenvalue weighted by Crippen LogP contribution is 2.29. The fourth-order valence-electron chi connectivity index (χ4n) is 2.55. The number of benzene rings is 1. The first-order chi connectivity index (χ1) is 10.2. The number of aromatic nitrogens is 3. The van der Waals surface area contributed by atoms with Crippen molar-refractivity contribution in [2.75, 3.05) is 26.2 Å². The maximum atomic E-state index is 10.6. The van der Waals surface area contributed by atoms with Crippen molar-refractivity contribution in [3.05, 3.63) is 41.2 Å². The summed E-state index contributed by atoms with van der Waals surface area (Å²) in [6.45, 7) is 2.64. The van der Waals surface area contributed by atoms with Crippen molar-refractivity contribution in [1.29, 1.82) is 0 Å². The van der Waals surface area contributed by atoms with Gasteiger partial charge in [0, 0.05) is 24.7 Å². The zero-order chi connectivity index (χ0) is 14.7. The standard InChI is InChI=1S/C14H17ClN4O2/c15-11-2-1-3-12(8-11)21-7-6-19-5-4-14(20,10-19)13-9-16-18-17-13/h1-3,8-9,20H,4-7,10H2,(H,16,17,18). The van der Waals surface area contributed by atoms with Crippen molar-refractivity contribution in [3.63, 3.8) is 0 Å². The molecule has 1 aliphatic rings. The minimum absolute atomic E-state index is 0.540. The van der Waals surface area contributed by atoms with E-state index in [4.69, 9.17) is 16.3 Å². The summed E-state index contributed by atoms with van der Waals surface area (Å²) >= 11 is 5.91. The molecular weight excluding hydrogens is 292 g/mol. The second-order valence-corrected chi connectivity index (χ2v) is 5.66. The highest BCUT2D eigenvalue weighted by molar-refractivity contribution is 6.30. The summed E-state index contributed by atoms with van der Waals surface area (Å²) in [5.41, 5.74) is -0.316. The van der Waals surface area contributed by atoms with Crippen LogP contribution in [0.5, 0.6) is 5.75 Å². The molecule has 2 aromatic rings. The lowest BCUT2D eigenvalue weighted by atomic mass is 10.0. The third-order valence-electron chi connectivity index (χ3n) is 3.69. The number of H-pyrrole nitrogens is 1. The number of rotatable bonds is 5. The molecule has 2 heterocycles. The maximum Gasteiger partial charge on any atom is 0.124 e. The van der Waals surface area contributed by atoms with Gasteiger partial charge in [-0.25, -0.2) is 0 Å². The van der Waals surface area contributed by atoms with Crippen LogP contribution in [-0.2, 0) is 5.60 Å². The molecule has 0 bridgehead atoms. The third kappa shape index (κ3) is 3.34. The van der Waals surface area contributed by atoms with Crippen molar-refractivity contribution >= 4 is 11.6 Å². The minimum atomic E-state index is -0.914. The summed E-state index contributed by atoms with van der Waals surface area (Å²) in [6.07, 6.45) is 2.22. The summed E-state index contributed by atoms with van der Waals surface area (Å²) in [6, 6.07) is 7.34. The molecule has 6 nitrogen and oxygen atoms in total. The second-order valence-electron chi connectivity index (χ2n) is 5.22. The molecule has 1 saturated heterocycles. The minimum Gasteiger partial charge on any atom is -0.492 e. The van der Waals surface area contributed by atoms with Gasteiger partial charge in [-0.15, -0.1) is 0 Å². The zero-order valence-corrected chi connectivity index (χ0v) is 12.3. The van der Waals surface area contributed by atoms with E-state index in [9.17, 15) is 5.11 Å². The molecule has 21 heavy (non-hydrogen) atoms. The van der Waals surface area contributed by atoms with Crippen LogP contribution >= 0.6 is 11.6 Å². The summed E-state index contributed by atoms with van der Waals surface area (Å²) in [4.78, 5) is 2.15. The number of halogens is 1. The number of aromatic amines is 1. The summed E-state index contributed by atoms with van der Waals surface area (Å²) < 4.78 is 5.67. The molecule has 0 amide bonds.